The molecule has 1 aromatic rings. The number of hydrogen-bond donors (Lipinski definition) is 1. The average Bonchev–Trinajstić information content (AvgIpc) is 2.32. The second-order valence-electron chi connectivity index (χ2n) is 5.03. The van der Waals surface area contributed by atoms with Gasteiger partial charge in [0.1, 0.15) is 0 Å². The predicted molar refractivity (Wildman–Crippen MR) is 74.5 cm³/mol. The smallest absolute Gasteiger partial charge is 0.0471 e. The lowest BCUT2D eigenvalue weighted by molar-refractivity contribution is 0.363. The van der Waals surface area contributed by atoms with E-state index < -0.39 is 0 Å². The quantitative estimate of drug-likeness (QED) is 0.874. The molecule has 17 heavy (non-hydrogen) atoms. The topological polar surface area (TPSA) is 29.3 Å². The molecule has 2 unspecified atom stereocenters. The Morgan fingerprint density at radius 2 is 2.18 bits per heavy atom. The van der Waals surface area contributed by atoms with E-state index in [4.69, 9.17) is 17.3 Å². The highest BCUT2D eigenvalue weighted by molar-refractivity contribution is 6.31. The highest BCUT2D eigenvalue weighted by Gasteiger charge is 2.24. The van der Waals surface area contributed by atoms with Crippen LogP contribution in [-0.4, -0.2) is 12.6 Å². The number of piperidine rings is 1. The van der Waals surface area contributed by atoms with E-state index in [9.17, 15) is 0 Å². The first-order valence-corrected chi connectivity index (χ1v) is 6.76. The van der Waals surface area contributed by atoms with Gasteiger partial charge in [-0.15, -0.1) is 0 Å². The minimum Gasteiger partial charge on any atom is -0.369 e. The van der Waals surface area contributed by atoms with Crippen molar-refractivity contribution in [2.24, 2.45) is 11.7 Å². The molecule has 0 radical (unpaired) electrons. The first-order chi connectivity index (χ1) is 8.13. The first kappa shape index (κ1) is 12.7. The van der Waals surface area contributed by atoms with E-state index in [1.54, 1.807) is 0 Å². The van der Waals surface area contributed by atoms with Gasteiger partial charge >= 0.3 is 0 Å². The van der Waals surface area contributed by atoms with Crippen molar-refractivity contribution < 1.29 is 0 Å². The Hall–Kier alpha value is -0.730. The molecule has 2 atom stereocenters. The van der Waals surface area contributed by atoms with Crippen LogP contribution in [0.5, 0.6) is 0 Å². The van der Waals surface area contributed by atoms with E-state index in [-0.39, 0.29) is 0 Å². The number of nitrogens with zero attached hydrogens (tertiary/aromatic N) is 1. The Bertz CT molecular complexity index is 392. The Morgan fingerprint density at radius 1 is 1.41 bits per heavy atom. The van der Waals surface area contributed by atoms with E-state index in [1.807, 2.05) is 6.07 Å². The van der Waals surface area contributed by atoms with Crippen LogP contribution >= 0.6 is 11.6 Å². The van der Waals surface area contributed by atoms with Crippen LogP contribution in [0.3, 0.4) is 0 Å². The zero-order chi connectivity index (χ0) is 12.4. The first-order valence-electron chi connectivity index (χ1n) is 6.38. The monoisotopic (exact) mass is 252 g/mol. The van der Waals surface area contributed by atoms with Gasteiger partial charge in [0.25, 0.3) is 0 Å². The highest BCUT2D eigenvalue weighted by Crippen LogP contribution is 2.30. The third-order valence-corrected chi connectivity index (χ3v) is 4.31. The Labute approximate surface area is 109 Å². The van der Waals surface area contributed by atoms with Crippen molar-refractivity contribution in [1.29, 1.82) is 0 Å². The van der Waals surface area contributed by atoms with E-state index >= 15 is 0 Å². The minimum absolute atomic E-state index is 0.505. The molecule has 0 bridgehead atoms. The van der Waals surface area contributed by atoms with Crippen molar-refractivity contribution in [2.45, 2.75) is 39.3 Å². The van der Waals surface area contributed by atoms with Crippen molar-refractivity contribution in [1.82, 2.24) is 0 Å². The summed E-state index contributed by atoms with van der Waals surface area (Å²) in [6.07, 6.45) is 2.59. The summed E-state index contributed by atoms with van der Waals surface area (Å²) in [7, 11) is 0. The van der Waals surface area contributed by atoms with Crippen LogP contribution in [0, 0.1) is 5.92 Å². The van der Waals surface area contributed by atoms with Crippen molar-refractivity contribution in [2.75, 3.05) is 11.4 Å². The number of halogens is 1. The van der Waals surface area contributed by atoms with Gasteiger partial charge in [0.15, 0.2) is 0 Å². The van der Waals surface area contributed by atoms with Gasteiger partial charge in [-0.25, -0.2) is 0 Å². The number of rotatable bonds is 2. The highest BCUT2D eigenvalue weighted by atomic mass is 35.5. The second-order valence-corrected chi connectivity index (χ2v) is 5.44. The molecule has 2 rings (SSSR count). The Kier molecular flexibility index (Phi) is 3.95. The van der Waals surface area contributed by atoms with Crippen LogP contribution in [0.2, 0.25) is 5.02 Å². The van der Waals surface area contributed by atoms with Crippen LogP contribution in [-0.2, 0) is 6.54 Å². The summed E-state index contributed by atoms with van der Waals surface area (Å²) in [5.74, 6) is 0.747. The molecule has 1 heterocycles. The zero-order valence-electron chi connectivity index (χ0n) is 10.6. The molecule has 0 amide bonds. The van der Waals surface area contributed by atoms with Crippen LogP contribution in [0.25, 0.3) is 0 Å². The van der Waals surface area contributed by atoms with Crippen LogP contribution in [0.1, 0.15) is 32.3 Å². The lowest BCUT2D eigenvalue weighted by Crippen LogP contribution is -2.42. The number of hydrogen-bond acceptors (Lipinski definition) is 2. The maximum atomic E-state index is 6.23. The third-order valence-electron chi connectivity index (χ3n) is 3.96. The fraction of sp³-hybridized carbons (Fsp3) is 0.571. The fourth-order valence-electron chi connectivity index (χ4n) is 2.58. The summed E-state index contributed by atoms with van der Waals surface area (Å²) in [6, 6.07) is 6.83. The summed E-state index contributed by atoms with van der Waals surface area (Å²) in [6.45, 7) is 6.26. The van der Waals surface area contributed by atoms with Gasteiger partial charge in [-0.1, -0.05) is 24.6 Å². The van der Waals surface area contributed by atoms with Gasteiger partial charge in [0.05, 0.1) is 0 Å². The SMILES string of the molecule is CC1CCCN(c2ccc(CN)c(Cl)c2)C1C. The molecule has 2 N–H and O–H groups in total. The van der Waals surface area contributed by atoms with Gasteiger partial charge < -0.3 is 10.6 Å². The lowest BCUT2D eigenvalue weighted by Gasteiger charge is -2.39. The molecule has 0 spiro atoms. The molecule has 1 fully saturated rings. The van der Waals surface area contributed by atoms with Gasteiger partial charge in [-0.05, 0) is 43.4 Å². The molecular formula is C14H21ClN2. The largest absolute Gasteiger partial charge is 0.369 e. The molecule has 0 aromatic heterocycles. The Balaban J connectivity index is 2.24. The molecule has 3 heteroatoms. The molecular weight excluding hydrogens is 232 g/mol. The summed E-state index contributed by atoms with van der Waals surface area (Å²) in [4.78, 5) is 2.46. The lowest BCUT2D eigenvalue weighted by atomic mass is 9.91. The van der Waals surface area contributed by atoms with Crippen molar-refractivity contribution in [3.05, 3.63) is 28.8 Å². The molecule has 0 saturated carbocycles. The van der Waals surface area contributed by atoms with Gasteiger partial charge in [0.2, 0.25) is 0 Å². The molecule has 2 nitrogen and oxygen atoms in total. The molecule has 94 valence electrons. The predicted octanol–water partition coefficient (Wildman–Crippen LogP) is 3.42. The fourth-order valence-corrected chi connectivity index (χ4v) is 2.83. The van der Waals surface area contributed by atoms with Crippen LogP contribution < -0.4 is 10.6 Å². The van der Waals surface area contributed by atoms with E-state index in [0.717, 1.165) is 23.0 Å². The molecule has 1 aromatic carbocycles. The standard InChI is InChI=1S/C14H21ClN2/c1-10-4-3-7-17(11(10)2)13-6-5-12(9-16)14(15)8-13/h5-6,8,10-11H,3-4,7,9,16H2,1-2H3. The van der Waals surface area contributed by atoms with E-state index in [0.29, 0.717) is 12.6 Å². The molecule has 1 aliphatic rings. The molecule has 0 aliphatic carbocycles. The molecule has 1 aliphatic heterocycles. The maximum Gasteiger partial charge on any atom is 0.0471 e. The minimum atomic E-state index is 0.505. The number of anilines is 1. The second kappa shape index (κ2) is 5.28. The van der Waals surface area contributed by atoms with Gasteiger partial charge in [0, 0.05) is 29.8 Å². The summed E-state index contributed by atoms with van der Waals surface area (Å²) in [5, 5.41) is 0.787. The summed E-state index contributed by atoms with van der Waals surface area (Å²) >= 11 is 6.23. The summed E-state index contributed by atoms with van der Waals surface area (Å²) < 4.78 is 0. The van der Waals surface area contributed by atoms with Gasteiger partial charge in [-0.2, -0.15) is 0 Å². The maximum absolute atomic E-state index is 6.23. The Morgan fingerprint density at radius 3 is 2.82 bits per heavy atom. The van der Waals surface area contributed by atoms with E-state index in [1.165, 1.54) is 18.5 Å². The zero-order valence-corrected chi connectivity index (χ0v) is 11.4. The number of benzene rings is 1. The van der Waals surface area contributed by atoms with Crippen molar-refractivity contribution >= 4 is 17.3 Å². The van der Waals surface area contributed by atoms with Gasteiger partial charge in [-0.3, -0.25) is 0 Å². The van der Waals surface area contributed by atoms with Crippen molar-refractivity contribution in [3.8, 4) is 0 Å². The third kappa shape index (κ3) is 2.58. The average molecular weight is 253 g/mol. The molecule has 1 saturated heterocycles. The van der Waals surface area contributed by atoms with Crippen LogP contribution in [0.15, 0.2) is 18.2 Å². The van der Waals surface area contributed by atoms with Crippen LogP contribution in [0.4, 0.5) is 5.69 Å². The number of nitrogens with two attached hydrogens (primary N) is 1. The van der Waals surface area contributed by atoms with E-state index in [2.05, 4.69) is 30.9 Å². The van der Waals surface area contributed by atoms with Crippen molar-refractivity contribution in [3.63, 3.8) is 0 Å². The summed E-state index contributed by atoms with van der Waals surface area (Å²) in [5.41, 5.74) is 7.88. The normalized spacial score (nSPS) is 25.1.